The van der Waals surface area contributed by atoms with Crippen LogP contribution >= 0.6 is 30.1 Å². The lowest BCUT2D eigenvalue weighted by molar-refractivity contribution is -0.139. The maximum absolute atomic E-state index is 11.9. The Kier molecular flexibility index (Phi) is 6.36. The smallest absolute Gasteiger partial charge is 0.367 e. The van der Waals surface area contributed by atoms with Gasteiger partial charge in [-0.1, -0.05) is 6.58 Å². The van der Waals surface area contributed by atoms with Crippen molar-refractivity contribution in [2.24, 2.45) is 0 Å². The van der Waals surface area contributed by atoms with Gasteiger partial charge in [-0.25, -0.2) is 4.79 Å². The van der Waals surface area contributed by atoms with Crippen molar-refractivity contribution in [3.05, 3.63) is 12.4 Å². The normalized spacial score (nSPS) is 7.82. The fourth-order valence-electron chi connectivity index (χ4n) is 0.237. The molecule has 0 rings (SSSR count). The first-order valence-electron chi connectivity index (χ1n) is 2.45. The van der Waals surface area contributed by atoms with Gasteiger partial charge in [0.25, 0.3) is 0 Å². The highest BCUT2D eigenvalue weighted by Gasteiger charge is 2.04. The summed E-state index contributed by atoms with van der Waals surface area (Å²) in [6.45, 7) is 2.66. The molecule has 0 aromatic heterocycles. The number of rotatable bonds is 2. The van der Waals surface area contributed by atoms with E-state index in [4.69, 9.17) is 0 Å². The second-order valence-electron chi connectivity index (χ2n) is 1.34. The van der Waals surface area contributed by atoms with E-state index in [1.54, 1.807) is 0 Å². The van der Waals surface area contributed by atoms with Crippen LogP contribution < -0.4 is 0 Å². The molecule has 0 atom stereocenters. The van der Waals surface area contributed by atoms with Crippen molar-refractivity contribution in [2.75, 3.05) is 6.61 Å². The quantitative estimate of drug-likeness (QED) is 0.336. The Balaban J connectivity index is 3.55. The fraction of sp³-hybridized carbons (Fsp3) is 0.167. The van der Waals surface area contributed by atoms with E-state index in [0.29, 0.717) is 0 Å². The Morgan fingerprint density at radius 2 is 2.45 bits per heavy atom. The molecule has 0 bridgehead atoms. The van der Waals surface area contributed by atoms with Crippen LogP contribution in [0.15, 0.2) is 12.4 Å². The van der Waals surface area contributed by atoms with Gasteiger partial charge in [-0.3, -0.25) is 0 Å². The largest absolute Gasteiger partial charge is 0.447 e. The number of carbonyl (C=O) groups is 1. The lowest BCUT2D eigenvalue weighted by Crippen LogP contribution is -2.03. The Labute approximate surface area is 80.1 Å². The van der Waals surface area contributed by atoms with Gasteiger partial charge in [0, 0.05) is 21.2 Å². The molecular weight excluding hydrogens is 282 g/mol. The average molecular weight is 286 g/mol. The standard InChI is InChI=1S/C6H4FIO2S/c1-5(7)6(9)10-3-2-4-11-8/h1,3H2. The molecule has 0 aromatic carbocycles. The third-order valence-electron chi connectivity index (χ3n) is 0.608. The lowest BCUT2D eigenvalue weighted by Gasteiger charge is -1.94. The van der Waals surface area contributed by atoms with Gasteiger partial charge < -0.3 is 4.74 Å². The van der Waals surface area contributed by atoms with E-state index < -0.39 is 11.8 Å². The minimum absolute atomic E-state index is 0.0994. The molecule has 0 aromatic rings. The summed E-state index contributed by atoms with van der Waals surface area (Å²) < 4.78 is 16.2. The van der Waals surface area contributed by atoms with Crippen LogP contribution in [0.1, 0.15) is 0 Å². The predicted octanol–water partition coefficient (Wildman–Crippen LogP) is 2.06. The van der Waals surface area contributed by atoms with E-state index in [2.05, 4.69) is 22.5 Å². The minimum Gasteiger partial charge on any atom is -0.447 e. The van der Waals surface area contributed by atoms with Crippen molar-refractivity contribution in [3.8, 4) is 11.2 Å². The van der Waals surface area contributed by atoms with Crippen molar-refractivity contribution in [1.82, 2.24) is 0 Å². The first-order chi connectivity index (χ1) is 5.18. The van der Waals surface area contributed by atoms with Crippen molar-refractivity contribution in [1.29, 1.82) is 0 Å². The fourth-order valence-corrected chi connectivity index (χ4v) is 0.817. The van der Waals surface area contributed by atoms with Gasteiger partial charge in [0.1, 0.15) is 0 Å². The minimum atomic E-state index is -1.10. The molecule has 0 radical (unpaired) electrons. The number of hydrogen-bond donors (Lipinski definition) is 0. The van der Waals surface area contributed by atoms with E-state index in [0.717, 1.165) is 0 Å². The zero-order valence-corrected chi connectivity index (χ0v) is 8.37. The van der Waals surface area contributed by atoms with Crippen LogP contribution in [0.3, 0.4) is 0 Å². The summed E-state index contributed by atoms with van der Waals surface area (Å²) in [5.41, 5.74) is 0. The molecule has 0 aliphatic carbocycles. The predicted molar refractivity (Wildman–Crippen MR) is 50.6 cm³/mol. The zero-order chi connectivity index (χ0) is 8.69. The lowest BCUT2D eigenvalue weighted by atomic mass is 10.6. The molecule has 0 N–H and O–H groups in total. The van der Waals surface area contributed by atoms with Gasteiger partial charge in [-0.15, -0.1) is 0 Å². The molecule has 0 aliphatic heterocycles. The number of carbonyl (C=O) groups excluding carboxylic acids is 1. The van der Waals surface area contributed by atoms with Gasteiger partial charge in [-0.2, -0.15) is 4.39 Å². The van der Waals surface area contributed by atoms with Crippen LogP contribution in [0.5, 0.6) is 0 Å². The summed E-state index contributed by atoms with van der Waals surface area (Å²) in [5.74, 6) is 0.315. The molecule has 0 spiro atoms. The molecule has 5 heteroatoms. The molecule has 60 valence electrons. The molecule has 0 saturated heterocycles. The maximum Gasteiger partial charge on any atom is 0.367 e. The van der Waals surface area contributed by atoms with E-state index in [-0.39, 0.29) is 6.61 Å². The third-order valence-corrected chi connectivity index (χ3v) is 1.49. The molecular formula is C6H4FIO2S. The summed E-state index contributed by atoms with van der Waals surface area (Å²) in [6, 6.07) is 0. The van der Waals surface area contributed by atoms with Crippen LogP contribution in [0.2, 0.25) is 0 Å². The molecule has 0 saturated carbocycles. The van der Waals surface area contributed by atoms with Gasteiger partial charge in [0.15, 0.2) is 6.61 Å². The van der Waals surface area contributed by atoms with Gasteiger partial charge in [0.05, 0.1) is 0 Å². The highest BCUT2D eigenvalue weighted by Crippen LogP contribution is 2.06. The van der Waals surface area contributed by atoms with Crippen molar-refractivity contribution < 1.29 is 13.9 Å². The van der Waals surface area contributed by atoms with Crippen molar-refractivity contribution in [3.63, 3.8) is 0 Å². The maximum atomic E-state index is 11.9. The zero-order valence-electron chi connectivity index (χ0n) is 5.39. The molecule has 0 amide bonds. The second kappa shape index (κ2) is 6.49. The number of ether oxygens (including phenoxy) is 1. The first kappa shape index (κ1) is 10.8. The summed E-state index contributed by atoms with van der Waals surface area (Å²) in [4.78, 5) is 10.3. The van der Waals surface area contributed by atoms with Crippen molar-refractivity contribution >= 4 is 36.1 Å². The monoisotopic (exact) mass is 286 g/mol. The van der Waals surface area contributed by atoms with Gasteiger partial charge in [-0.05, 0) is 20.1 Å². The summed E-state index contributed by atoms with van der Waals surface area (Å²) >= 11 is 1.97. The Hall–Kier alpha value is -0.220. The highest BCUT2D eigenvalue weighted by molar-refractivity contribution is 14.2. The average Bonchev–Trinajstić information content (AvgIpc) is 1.97. The Morgan fingerprint density at radius 1 is 1.82 bits per heavy atom. The second-order valence-corrected chi connectivity index (χ2v) is 3.02. The van der Waals surface area contributed by atoms with E-state index in [9.17, 15) is 9.18 Å². The molecule has 2 nitrogen and oxygen atoms in total. The molecule has 0 heterocycles. The molecule has 0 unspecified atom stereocenters. The summed E-state index contributed by atoms with van der Waals surface area (Å²) in [7, 11) is 1.26. The first-order valence-corrected chi connectivity index (χ1v) is 5.81. The van der Waals surface area contributed by atoms with Crippen molar-refractivity contribution in [2.45, 2.75) is 0 Å². The van der Waals surface area contributed by atoms with Crippen LogP contribution in [0.25, 0.3) is 0 Å². The number of esters is 1. The van der Waals surface area contributed by atoms with Crippen LogP contribution in [-0.2, 0) is 9.53 Å². The van der Waals surface area contributed by atoms with Gasteiger partial charge >= 0.3 is 5.97 Å². The topological polar surface area (TPSA) is 26.3 Å². The summed E-state index contributed by atoms with van der Waals surface area (Å²) in [5, 5.41) is 2.57. The van der Waals surface area contributed by atoms with E-state index in [1.165, 1.54) is 8.93 Å². The Bertz CT molecular complexity index is 218. The molecule has 0 aliphatic rings. The van der Waals surface area contributed by atoms with E-state index in [1.807, 2.05) is 21.2 Å². The van der Waals surface area contributed by atoms with E-state index >= 15 is 0 Å². The number of hydrogen-bond acceptors (Lipinski definition) is 3. The van der Waals surface area contributed by atoms with Crippen LogP contribution in [0.4, 0.5) is 4.39 Å². The number of halogens is 2. The Morgan fingerprint density at radius 3 is 2.91 bits per heavy atom. The highest BCUT2D eigenvalue weighted by atomic mass is 127. The molecule has 0 fully saturated rings. The van der Waals surface area contributed by atoms with Gasteiger partial charge in [0.2, 0.25) is 5.83 Å². The SMILES string of the molecule is C=C(F)C(=O)OCC#CSI. The molecule has 11 heavy (non-hydrogen) atoms. The van der Waals surface area contributed by atoms with Crippen LogP contribution in [0, 0.1) is 11.2 Å². The van der Waals surface area contributed by atoms with Crippen LogP contribution in [-0.4, -0.2) is 12.6 Å². The third kappa shape index (κ3) is 6.19. The summed E-state index contributed by atoms with van der Waals surface area (Å²) in [6.07, 6.45) is 0.